The first-order valence-corrected chi connectivity index (χ1v) is 8.98. The maximum atomic E-state index is 10.3. The van der Waals surface area contributed by atoms with E-state index in [9.17, 15) is 5.11 Å². The number of hydrogen-bond donors (Lipinski definition) is 1. The summed E-state index contributed by atoms with van der Waals surface area (Å²) < 4.78 is 3.82. The number of fused-ring (bicyclic) bond motifs is 1. The topological polar surface area (TPSA) is 41.9 Å². The maximum absolute atomic E-state index is 10.3. The number of para-hydroxylation sites is 4. The van der Waals surface area contributed by atoms with Gasteiger partial charge in [-0.2, -0.15) is 0 Å². The molecule has 0 aliphatic rings. The van der Waals surface area contributed by atoms with Crippen LogP contribution in [0.25, 0.3) is 33.7 Å². The fraction of sp³-hybridized carbons (Fsp3) is 0. The second-order valence-corrected chi connectivity index (χ2v) is 6.41. The molecule has 142 valence electrons. The van der Waals surface area contributed by atoms with E-state index >= 15 is 0 Å². The van der Waals surface area contributed by atoms with E-state index in [-0.39, 0.29) is 26.8 Å². The van der Waals surface area contributed by atoms with E-state index in [4.69, 9.17) is 0 Å². The molecule has 0 unspecified atom stereocenters. The zero-order valence-electron chi connectivity index (χ0n) is 15.3. The van der Waals surface area contributed by atoms with Crippen LogP contribution in [0, 0.1) is 12.4 Å². The minimum atomic E-state index is 0. The summed E-state index contributed by atoms with van der Waals surface area (Å²) in [6, 6.07) is 30.5. The molecule has 3 aromatic carbocycles. The Morgan fingerprint density at radius 2 is 1.62 bits per heavy atom. The number of aromatic hydroxyl groups is 1. The number of rotatable bonds is 3. The minimum Gasteiger partial charge on any atom is -0.511 e. The van der Waals surface area contributed by atoms with Gasteiger partial charge >= 0.3 is 21.1 Å². The van der Waals surface area contributed by atoms with Crippen molar-refractivity contribution in [2.45, 2.75) is 0 Å². The Morgan fingerprint density at radius 3 is 2.45 bits per heavy atom. The number of aromatic nitrogens is 3. The van der Waals surface area contributed by atoms with E-state index < -0.39 is 0 Å². The van der Waals surface area contributed by atoms with Crippen LogP contribution in [0.4, 0.5) is 0 Å². The van der Waals surface area contributed by atoms with Crippen molar-refractivity contribution >= 4 is 11.0 Å². The maximum Gasteiger partial charge on any atom is 2.00 e. The zero-order chi connectivity index (χ0) is 18.9. The predicted octanol–water partition coefficient (Wildman–Crippen LogP) is 4.27. The molecule has 0 amide bonds. The van der Waals surface area contributed by atoms with E-state index in [2.05, 4.69) is 17.4 Å². The van der Waals surface area contributed by atoms with Crippen molar-refractivity contribution in [2.75, 3.05) is 0 Å². The average molecular weight is 557 g/mol. The summed E-state index contributed by atoms with van der Waals surface area (Å²) in [5, 5.41) is 10.3. The van der Waals surface area contributed by atoms with Crippen molar-refractivity contribution in [3.8, 4) is 28.4 Å². The van der Waals surface area contributed by atoms with Gasteiger partial charge in [0.05, 0.1) is 11.0 Å². The number of imidazole rings is 1. The third-order valence-corrected chi connectivity index (χ3v) is 4.65. The van der Waals surface area contributed by atoms with Crippen molar-refractivity contribution < 1.29 is 30.7 Å². The van der Waals surface area contributed by atoms with Crippen LogP contribution in [0.15, 0.2) is 91.1 Å². The van der Waals surface area contributed by atoms with Gasteiger partial charge in [-0.05, 0) is 29.6 Å². The van der Waals surface area contributed by atoms with Gasteiger partial charge in [0, 0.05) is 6.20 Å². The normalized spacial score (nSPS) is 10.6. The summed E-state index contributed by atoms with van der Waals surface area (Å²) in [7, 11) is 0. The summed E-state index contributed by atoms with van der Waals surface area (Å²) in [6.07, 6.45) is 5.14. The van der Waals surface area contributed by atoms with Gasteiger partial charge in [0.1, 0.15) is 11.4 Å². The molecule has 5 aromatic rings. The predicted molar refractivity (Wildman–Crippen MR) is 107 cm³/mol. The first-order chi connectivity index (χ1) is 13.8. The van der Waals surface area contributed by atoms with Crippen LogP contribution in [0.2, 0.25) is 0 Å². The molecule has 0 aliphatic carbocycles. The van der Waals surface area contributed by atoms with Crippen molar-refractivity contribution in [2.24, 2.45) is 0 Å². The van der Waals surface area contributed by atoms with Crippen LogP contribution < -0.4 is 4.57 Å². The molecule has 5 heteroatoms. The molecule has 0 saturated carbocycles. The molecule has 5 rings (SSSR count). The molecule has 1 N–H and O–H groups in total. The fourth-order valence-electron chi connectivity index (χ4n) is 3.33. The van der Waals surface area contributed by atoms with E-state index in [1.165, 1.54) is 0 Å². The molecule has 2 aromatic heterocycles. The first-order valence-electron chi connectivity index (χ1n) is 8.98. The summed E-state index contributed by atoms with van der Waals surface area (Å²) in [5.41, 5.74) is 5.24. The van der Waals surface area contributed by atoms with Gasteiger partial charge in [-0.3, -0.25) is 4.57 Å². The van der Waals surface area contributed by atoms with Crippen molar-refractivity contribution in [3.63, 3.8) is 0 Å². The van der Waals surface area contributed by atoms with Gasteiger partial charge in [-0.25, -0.2) is 0 Å². The number of benzene rings is 3. The van der Waals surface area contributed by atoms with E-state index in [0.29, 0.717) is 5.69 Å². The Labute approximate surface area is 183 Å². The minimum absolute atomic E-state index is 0. The van der Waals surface area contributed by atoms with Gasteiger partial charge in [0.25, 0.3) is 6.33 Å². The molecule has 0 saturated heterocycles. The molecule has 0 bridgehead atoms. The summed E-state index contributed by atoms with van der Waals surface area (Å²) in [4.78, 5) is 4.42. The number of phenols is 1. The Hall–Kier alpha value is -3.23. The Bertz CT molecular complexity index is 1280. The zero-order valence-corrected chi connectivity index (χ0v) is 17.5. The fourth-order valence-corrected chi connectivity index (χ4v) is 3.33. The largest absolute Gasteiger partial charge is 2.00 e. The summed E-state index contributed by atoms with van der Waals surface area (Å²) >= 11 is 0. The summed E-state index contributed by atoms with van der Waals surface area (Å²) in [6.45, 7) is 0. The quantitative estimate of drug-likeness (QED) is 0.266. The van der Waals surface area contributed by atoms with Crippen molar-refractivity contribution in [1.29, 1.82) is 0 Å². The average Bonchev–Trinajstić information content (AvgIpc) is 3.14. The summed E-state index contributed by atoms with van der Waals surface area (Å²) in [5.74, 6) is 0.206. The SMILES string of the molecule is Oc1ccccc1-n1[c-][n+](-c2[c-]c(-c3ccccn3)ccc2)c2ccccc21.[Pt+2]. The Morgan fingerprint density at radius 1 is 0.828 bits per heavy atom. The van der Waals surface area contributed by atoms with E-state index in [0.717, 1.165) is 28.0 Å². The second kappa shape index (κ2) is 8.02. The standard InChI is InChI=1S/C24H16N3O.Pt/c28-24-14-4-3-13-23(24)27-17-26(21-11-1-2-12-22(21)27)19-9-7-8-18(16-19)20-10-5-6-15-25-20;/h1-15,28H;/q-1;+2. The second-order valence-electron chi connectivity index (χ2n) is 6.41. The molecule has 0 aliphatic heterocycles. The number of pyridine rings is 1. The molecule has 0 fully saturated rings. The van der Waals surface area contributed by atoms with Gasteiger partial charge < -0.3 is 14.7 Å². The number of nitrogens with zero attached hydrogens (tertiary/aromatic N) is 3. The number of hydrogen-bond acceptors (Lipinski definition) is 2. The molecule has 4 nitrogen and oxygen atoms in total. The van der Waals surface area contributed by atoms with Crippen molar-refractivity contribution in [1.82, 2.24) is 9.55 Å². The van der Waals surface area contributed by atoms with Crippen LogP contribution in [0.1, 0.15) is 0 Å². The van der Waals surface area contributed by atoms with Crippen LogP contribution in [-0.2, 0) is 21.1 Å². The number of phenolic OH excluding ortho intramolecular Hbond substituents is 1. The van der Waals surface area contributed by atoms with Gasteiger partial charge in [0.15, 0.2) is 0 Å². The van der Waals surface area contributed by atoms with Gasteiger partial charge in [-0.15, -0.1) is 29.8 Å². The third-order valence-electron chi connectivity index (χ3n) is 4.65. The molecule has 2 heterocycles. The van der Waals surface area contributed by atoms with Crippen LogP contribution >= 0.6 is 0 Å². The van der Waals surface area contributed by atoms with E-state index in [1.54, 1.807) is 12.3 Å². The van der Waals surface area contributed by atoms with Gasteiger partial charge in [0.2, 0.25) is 0 Å². The molecule has 0 spiro atoms. The Kier molecular flexibility index (Phi) is 5.28. The third kappa shape index (κ3) is 3.48. The first kappa shape index (κ1) is 19.1. The molecule has 0 radical (unpaired) electrons. The molecule has 29 heavy (non-hydrogen) atoms. The van der Waals surface area contributed by atoms with Gasteiger partial charge in [-0.1, -0.05) is 48.5 Å². The van der Waals surface area contributed by atoms with Crippen LogP contribution in [0.5, 0.6) is 5.75 Å². The monoisotopic (exact) mass is 557 g/mol. The smallest absolute Gasteiger partial charge is 0.511 e. The van der Waals surface area contributed by atoms with Crippen LogP contribution in [-0.4, -0.2) is 14.7 Å². The molecule has 0 atom stereocenters. The molecular weight excluding hydrogens is 541 g/mol. The van der Waals surface area contributed by atoms with Crippen LogP contribution in [0.3, 0.4) is 0 Å². The van der Waals surface area contributed by atoms with Crippen molar-refractivity contribution in [3.05, 3.63) is 104 Å². The van der Waals surface area contributed by atoms with E-state index in [1.807, 2.05) is 88.0 Å². The molecular formula is C24H16N3OPt+. The Balaban J connectivity index is 0.00000205.